The Labute approximate surface area is 75.8 Å². The van der Waals surface area contributed by atoms with Gasteiger partial charge in [0.15, 0.2) is 0 Å². The van der Waals surface area contributed by atoms with E-state index in [-0.39, 0.29) is 76.9 Å². The number of hydrogen-bond donors (Lipinski definition) is 0. The Morgan fingerprint density at radius 1 is 0.750 bits per heavy atom. The molecule has 0 aliphatic carbocycles. The van der Waals surface area contributed by atoms with Gasteiger partial charge in [0, 0.05) is 52.0 Å². The van der Waals surface area contributed by atoms with Crippen LogP contribution in [0.25, 0.3) is 0 Å². The third-order valence-electron chi connectivity index (χ3n) is 0. The second kappa shape index (κ2) is 18.4. The molecule has 0 radical (unpaired) electrons. The molecule has 0 nitrogen and oxygen atoms in total. The molecule has 0 saturated carbocycles. The van der Waals surface area contributed by atoms with Crippen LogP contribution in [0.15, 0.2) is 0 Å². The molecular weight excluding hydrogens is 341 g/mol. The van der Waals surface area contributed by atoms with Crippen LogP contribution >= 0.6 is 24.8 Å². The van der Waals surface area contributed by atoms with Gasteiger partial charge in [0.25, 0.3) is 0 Å². The van der Waals surface area contributed by atoms with Crippen molar-refractivity contribution in [2.24, 2.45) is 0 Å². The first-order valence-electron chi connectivity index (χ1n) is 0. The summed E-state index contributed by atoms with van der Waals surface area (Å²) in [5.74, 6) is 0. The number of hydrogen-bond acceptors (Lipinski definition) is 0. The van der Waals surface area contributed by atoms with Crippen LogP contribution in [0.2, 0.25) is 0 Å². The molecule has 0 aromatic heterocycles. The molecule has 0 aliphatic heterocycles. The van der Waals surface area contributed by atoms with Gasteiger partial charge >= 0.3 is 0 Å². The second-order valence-electron chi connectivity index (χ2n) is 0. The van der Waals surface area contributed by atoms with Gasteiger partial charge in [-0.05, 0) is 0 Å². The molecule has 0 spiro atoms. The third kappa shape index (κ3) is 8.84. The normalized spacial score (nSPS) is 0. The van der Waals surface area contributed by atoms with Gasteiger partial charge in [-0.2, -0.15) is 0 Å². The van der Waals surface area contributed by atoms with E-state index < -0.39 is 0 Å². The molecule has 0 rings (SSSR count). The topological polar surface area (TPSA) is 0 Å². The van der Waals surface area contributed by atoms with Crippen LogP contribution in [-0.4, -0.2) is 0 Å². The van der Waals surface area contributed by atoms with Crippen LogP contribution in [0.5, 0.6) is 0 Å². The Morgan fingerprint density at radius 3 is 0.750 bits per heavy atom. The van der Waals surface area contributed by atoms with E-state index in [1.54, 1.807) is 0 Å². The Bertz CT molecular complexity index is 6.00. The van der Waals surface area contributed by atoms with E-state index in [9.17, 15) is 0 Å². The molecule has 0 unspecified atom stereocenters. The smallest absolute Gasteiger partial charge is 0 e. The molecule has 0 atom stereocenters. The third-order valence-corrected chi connectivity index (χ3v) is 0. The zero-order chi connectivity index (χ0) is 0. The van der Waals surface area contributed by atoms with Gasteiger partial charge in [0.05, 0.1) is 0 Å². The van der Waals surface area contributed by atoms with Gasteiger partial charge in [-0.1, -0.05) is 0 Å². The van der Waals surface area contributed by atoms with Gasteiger partial charge in [-0.25, -0.2) is 0 Å². The maximum atomic E-state index is 0. The predicted octanol–water partition coefficient (Wildman–Crippen LogP) is 0.839. The summed E-state index contributed by atoms with van der Waals surface area (Å²) in [5.41, 5.74) is 0. The summed E-state index contributed by atoms with van der Waals surface area (Å²) < 4.78 is 0. The second-order valence-corrected chi connectivity index (χ2v) is 0. The van der Waals surface area contributed by atoms with Gasteiger partial charge < -0.3 is 0 Å². The monoisotopic (exact) mass is 342 g/mol. The Morgan fingerprint density at radius 2 is 0.750 bits per heavy atom. The SMILES string of the molecule is Cl.Cl.[Hf].[Zr]. The molecule has 4 heavy (non-hydrogen) atoms. The van der Waals surface area contributed by atoms with Crippen LogP contribution in [-0.2, 0) is 52.0 Å². The van der Waals surface area contributed by atoms with E-state index in [0.29, 0.717) is 0 Å². The molecule has 0 fully saturated rings. The fourth-order valence-electron chi connectivity index (χ4n) is 0. The first-order valence-corrected chi connectivity index (χ1v) is 0. The van der Waals surface area contributed by atoms with Crippen molar-refractivity contribution in [1.29, 1.82) is 0 Å². The Balaban J connectivity index is 0. The minimum absolute atomic E-state index is 0. The first kappa shape index (κ1) is 33.1. The van der Waals surface area contributed by atoms with Crippen LogP contribution in [0, 0.1) is 0 Å². The van der Waals surface area contributed by atoms with E-state index in [2.05, 4.69) is 0 Å². The summed E-state index contributed by atoms with van der Waals surface area (Å²) >= 11 is 0. The van der Waals surface area contributed by atoms with E-state index in [0.717, 1.165) is 0 Å². The fraction of sp³-hybridized carbons (Fsp3) is 0. The fourth-order valence-corrected chi connectivity index (χ4v) is 0. The van der Waals surface area contributed by atoms with Crippen molar-refractivity contribution in [2.45, 2.75) is 0 Å². The Hall–Kier alpha value is 2.33. The Kier molecular flexibility index (Phi) is 152. The molecule has 0 aromatic carbocycles. The van der Waals surface area contributed by atoms with Gasteiger partial charge in [0.2, 0.25) is 0 Å². The molecule has 0 aromatic rings. The van der Waals surface area contributed by atoms with Crippen molar-refractivity contribution in [2.75, 3.05) is 0 Å². The molecule has 0 aliphatic rings. The van der Waals surface area contributed by atoms with Crippen molar-refractivity contribution < 1.29 is 52.0 Å². The summed E-state index contributed by atoms with van der Waals surface area (Å²) in [6, 6.07) is 0. The standard InChI is InChI=1S/2ClH.Hf.Zr/h2*1H;;. The maximum absolute atomic E-state index is 0. The molecule has 0 saturated heterocycles. The van der Waals surface area contributed by atoms with Crippen molar-refractivity contribution in [1.82, 2.24) is 0 Å². The van der Waals surface area contributed by atoms with Crippen molar-refractivity contribution in [3.8, 4) is 0 Å². The number of halogens is 2. The summed E-state index contributed by atoms with van der Waals surface area (Å²) in [6.07, 6.45) is 0. The zero-order valence-electron chi connectivity index (χ0n) is 1.82. The molecule has 0 heterocycles. The molecule has 0 amide bonds. The molecule has 24 valence electrons. The summed E-state index contributed by atoms with van der Waals surface area (Å²) in [4.78, 5) is 0. The minimum atomic E-state index is 0. The molecule has 4 heteroatoms. The predicted molar refractivity (Wildman–Crippen MR) is 14.5 cm³/mol. The van der Waals surface area contributed by atoms with Gasteiger partial charge in [-0.15, -0.1) is 24.8 Å². The first-order chi connectivity index (χ1) is 0. The largest absolute Gasteiger partial charge is 0.147 e. The van der Waals surface area contributed by atoms with Crippen LogP contribution in [0.3, 0.4) is 0 Å². The van der Waals surface area contributed by atoms with Crippen LogP contribution in [0.1, 0.15) is 0 Å². The number of rotatable bonds is 0. The maximum Gasteiger partial charge on any atom is 0 e. The van der Waals surface area contributed by atoms with Crippen LogP contribution in [0.4, 0.5) is 0 Å². The summed E-state index contributed by atoms with van der Waals surface area (Å²) in [5, 5.41) is 0. The van der Waals surface area contributed by atoms with E-state index in [1.165, 1.54) is 0 Å². The van der Waals surface area contributed by atoms with E-state index in [1.807, 2.05) is 0 Å². The van der Waals surface area contributed by atoms with E-state index in [4.69, 9.17) is 0 Å². The zero-order valence-corrected chi connectivity index (χ0v) is 9.50. The van der Waals surface area contributed by atoms with E-state index >= 15 is 0 Å². The van der Waals surface area contributed by atoms with Gasteiger partial charge in [0.1, 0.15) is 0 Å². The quantitative estimate of drug-likeness (QED) is 0.572. The summed E-state index contributed by atoms with van der Waals surface area (Å²) in [7, 11) is 0. The molecule has 0 bridgehead atoms. The van der Waals surface area contributed by atoms with Crippen molar-refractivity contribution in [3.05, 3.63) is 0 Å². The average molecular weight is 343 g/mol. The molecule has 0 N–H and O–H groups in total. The van der Waals surface area contributed by atoms with Crippen LogP contribution < -0.4 is 0 Å². The van der Waals surface area contributed by atoms with Crippen molar-refractivity contribution >= 4 is 24.8 Å². The van der Waals surface area contributed by atoms with Gasteiger partial charge in [-0.3, -0.25) is 0 Å². The summed E-state index contributed by atoms with van der Waals surface area (Å²) in [6.45, 7) is 0. The minimum Gasteiger partial charge on any atom is -0.147 e. The molecular formula is H2Cl2HfZr. The van der Waals surface area contributed by atoms with Crippen molar-refractivity contribution in [3.63, 3.8) is 0 Å². The average Bonchev–Trinajstić information content (AvgIpc) is 0.